The number of hydrogen-bond acceptors (Lipinski definition) is 1. The summed E-state index contributed by atoms with van der Waals surface area (Å²) >= 11 is 0. The van der Waals surface area contributed by atoms with Crippen LogP contribution in [0.25, 0.3) is 16.8 Å². The Balaban J connectivity index is 1.23. The molecule has 1 N–H and O–H groups in total. The van der Waals surface area contributed by atoms with Crippen LogP contribution < -0.4 is 14.5 Å². The van der Waals surface area contributed by atoms with Crippen molar-refractivity contribution in [1.82, 2.24) is 0 Å². The van der Waals surface area contributed by atoms with Crippen LogP contribution in [0.1, 0.15) is 12.0 Å². The number of allylic oxidation sites excluding steroid dienone is 2. The summed E-state index contributed by atoms with van der Waals surface area (Å²) < 4.78 is 4.35. The standard InChI is InChI=1S/C29H26N3/c1-2-8-25(9-3-1)23-31-18-14-26(15-19-31)27-16-20-32(21-17-27)29-12-10-28(11-13-29)30-22-24-6-4-5-7-24/h1-4,6-21H,5,22-23H2/q+1/p+1. The zero-order chi connectivity index (χ0) is 21.6. The van der Waals surface area contributed by atoms with Crippen molar-refractivity contribution < 1.29 is 9.13 Å². The molecule has 2 aromatic heterocycles. The van der Waals surface area contributed by atoms with Gasteiger partial charge in [0.2, 0.25) is 5.69 Å². The average molecular weight is 418 g/mol. The Morgan fingerprint density at radius 1 is 0.719 bits per heavy atom. The molecule has 4 aromatic rings. The van der Waals surface area contributed by atoms with Gasteiger partial charge in [0.25, 0.3) is 0 Å². The van der Waals surface area contributed by atoms with E-state index in [0.29, 0.717) is 0 Å². The maximum atomic E-state index is 3.48. The van der Waals surface area contributed by atoms with E-state index in [1.807, 2.05) is 0 Å². The third-order valence-corrected chi connectivity index (χ3v) is 5.77. The highest BCUT2D eigenvalue weighted by molar-refractivity contribution is 5.61. The zero-order valence-corrected chi connectivity index (χ0v) is 18.1. The van der Waals surface area contributed by atoms with Gasteiger partial charge in [0.05, 0.1) is 0 Å². The lowest BCUT2D eigenvalue weighted by molar-refractivity contribution is -0.688. The van der Waals surface area contributed by atoms with E-state index < -0.39 is 0 Å². The Bertz CT molecular complexity index is 1220. The van der Waals surface area contributed by atoms with Gasteiger partial charge >= 0.3 is 0 Å². The summed E-state index contributed by atoms with van der Waals surface area (Å²) in [5, 5.41) is 3.48. The van der Waals surface area contributed by atoms with Crippen LogP contribution in [0.3, 0.4) is 0 Å². The van der Waals surface area contributed by atoms with Crippen LogP contribution in [-0.4, -0.2) is 6.54 Å². The number of aromatic nitrogens is 2. The third-order valence-electron chi connectivity index (χ3n) is 5.77. The lowest BCUT2D eigenvalue weighted by atomic mass is 10.1. The largest absolute Gasteiger partial charge is 0.381 e. The van der Waals surface area contributed by atoms with Gasteiger partial charge in [-0.05, 0) is 35.3 Å². The highest BCUT2D eigenvalue weighted by Crippen LogP contribution is 2.17. The molecule has 5 rings (SSSR count). The monoisotopic (exact) mass is 417 g/mol. The van der Waals surface area contributed by atoms with Crippen LogP contribution in [0.15, 0.2) is 127 Å². The molecule has 0 bridgehead atoms. The predicted molar refractivity (Wildman–Crippen MR) is 129 cm³/mol. The third kappa shape index (κ3) is 4.84. The first kappa shape index (κ1) is 20.0. The van der Waals surface area contributed by atoms with E-state index in [4.69, 9.17) is 0 Å². The maximum absolute atomic E-state index is 3.48. The van der Waals surface area contributed by atoms with Gasteiger partial charge in [0.15, 0.2) is 31.3 Å². The summed E-state index contributed by atoms with van der Waals surface area (Å²) in [4.78, 5) is 0. The Hall–Kier alpha value is -3.98. The molecule has 3 heteroatoms. The molecule has 0 saturated carbocycles. The van der Waals surface area contributed by atoms with Gasteiger partial charge in [-0.2, -0.15) is 4.57 Å². The van der Waals surface area contributed by atoms with Gasteiger partial charge in [-0.3, -0.25) is 0 Å². The van der Waals surface area contributed by atoms with E-state index in [-0.39, 0.29) is 0 Å². The van der Waals surface area contributed by atoms with Crippen molar-refractivity contribution in [2.75, 3.05) is 11.9 Å². The van der Waals surface area contributed by atoms with E-state index >= 15 is 0 Å². The van der Waals surface area contributed by atoms with E-state index in [1.54, 1.807) is 0 Å². The predicted octanol–water partition coefficient (Wildman–Crippen LogP) is 5.26. The number of anilines is 1. The topological polar surface area (TPSA) is 19.8 Å². The minimum Gasteiger partial charge on any atom is -0.381 e. The molecule has 32 heavy (non-hydrogen) atoms. The number of hydrogen-bond donors (Lipinski definition) is 1. The van der Waals surface area contributed by atoms with Crippen LogP contribution >= 0.6 is 0 Å². The van der Waals surface area contributed by atoms with Crippen LogP contribution in [0.5, 0.6) is 0 Å². The average Bonchev–Trinajstić information content (AvgIpc) is 3.38. The van der Waals surface area contributed by atoms with Crippen molar-refractivity contribution in [2.45, 2.75) is 13.0 Å². The quantitative estimate of drug-likeness (QED) is 0.406. The second-order valence-electron chi connectivity index (χ2n) is 8.06. The second kappa shape index (κ2) is 9.44. The molecule has 0 aliphatic heterocycles. The molecule has 0 amide bonds. The minimum absolute atomic E-state index is 0.875. The van der Waals surface area contributed by atoms with Crippen molar-refractivity contribution in [3.63, 3.8) is 0 Å². The Morgan fingerprint density at radius 3 is 2.06 bits per heavy atom. The fourth-order valence-corrected chi connectivity index (χ4v) is 3.93. The maximum Gasteiger partial charge on any atom is 0.210 e. The smallest absolute Gasteiger partial charge is 0.210 e. The molecule has 0 atom stereocenters. The molecule has 156 valence electrons. The molecule has 1 aliphatic carbocycles. The van der Waals surface area contributed by atoms with Crippen molar-refractivity contribution in [2.24, 2.45) is 0 Å². The Kier molecular flexibility index (Phi) is 5.89. The lowest BCUT2D eigenvalue weighted by Gasteiger charge is -2.06. The summed E-state index contributed by atoms with van der Waals surface area (Å²) in [6.45, 7) is 1.76. The summed E-state index contributed by atoms with van der Waals surface area (Å²) in [6.07, 6.45) is 16.2. The van der Waals surface area contributed by atoms with Gasteiger partial charge in [0.1, 0.15) is 0 Å². The van der Waals surface area contributed by atoms with Gasteiger partial charge in [-0.1, -0.05) is 48.6 Å². The highest BCUT2D eigenvalue weighted by Gasteiger charge is 2.09. The molecule has 1 aliphatic rings. The molecular weight excluding hydrogens is 390 g/mol. The normalized spacial score (nSPS) is 12.6. The minimum atomic E-state index is 0.875. The number of benzene rings is 2. The lowest BCUT2D eigenvalue weighted by Crippen LogP contribution is -2.33. The van der Waals surface area contributed by atoms with Crippen molar-refractivity contribution in [3.05, 3.63) is 133 Å². The van der Waals surface area contributed by atoms with Crippen molar-refractivity contribution in [1.29, 1.82) is 0 Å². The summed E-state index contributed by atoms with van der Waals surface area (Å²) in [5.74, 6) is 0. The molecule has 3 nitrogen and oxygen atoms in total. The van der Waals surface area contributed by atoms with Crippen molar-refractivity contribution in [3.8, 4) is 16.8 Å². The fraction of sp³-hybridized carbons (Fsp3) is 0.103. The number of rotatable bonds is 7. The van der Waals surface area contributed by atoms with Gasteiger partial charge < -0.3 is 5.32 Å². The van der Waals surface area contributed by atoms with Gasteiger partial charge in [-0.25, -0.2) is 4.57 Å². The van der Waals surface area contributed by atoms with E-state index in [1.165, 1.54) is 22.3 Å². The summed E-state index contributed by atoms with van der Waals surface area (Å²) in [5.41, 5.74) is 7.38. The summed E-state index contributed by atoms with van der Waals surface area (Å²) in [7, 11) is 0. The van der Waals surface area contributed by atoms with Crippen molar-refractivity contribution >= 4 is 5.69 Å². The number of pyridine rings is 2. The number of nitrogens with one attached hydrogen (secondary N) is 1. The highest BCUT2D eigenvalue weighted by atomic mass is 14.9. The number of nitrogens with zero attached hydrogens (tertiary/aromatic N) is 2. The van der Waals surface area contributed by atoms with Gasteiger partial charge in [0, 0.05) is 54.2 Å². The SMILES string of the molecule is C1=CC(CNc2ccc(-[n+]3ccc(-c4cc[n+](Cc5ccccc5)cc4)cc3)cc2)=CC1. The molecule has 0 fully saturated rings. The van der Waals surface area contributed by atoms with Crippen LogP contribution in [0, 0.1) is 0 Å². The molecule has 0 spiro atoms. The summed E-state index contributed by atoms with van der Waals surface area (Å²) in [6, 6.07) is 27.8. The molecule has 0 saturated heterocycles. The fourth-order valence-electron chi connectivity index (χ4n) is 3.93. The van der Waals surface area contributed by atoms with Crippen LogP contribution in [0.4, 0.5) is 5.69 Å². The van der Waals surface area contributed by atoms with Crippen LogP contribution in [-0.2, 0) is 6.54 Å². The first-order valence-corrected chi connectivity index (χ1v) is 11.1. The molecular formula is C29H27N3+2. The van der Waals surface area contributed by atoms with Crippen LogP contribution in [0.2, 0.25) is 0 Å². The molecule has 0 radical (unpaired) electrons. The van der Waals surface area contributed by atoms with E-state index in [9.17, 15) is 0 Å². The molecule has 0 unspecified atom stereocenters. The zero-order valence-electron chi connectivity index (χ0n) is 18.1. The molecule has 2 heterocycles. The second-order valence-corrected chi connectivity index (χ2v) is 8.06. The van der Waals surface area contributed by atoms with E-state index in [2.05, 4.69) is 136 Å². The Labute approximate surface area is 189 Å². The Morgan fingerprint density at radius 2 is 1.41 bits per heavy atom. The first-order chi connectivity index (χ1) is 15.8. The van der Waals surface area contributed by atoms with Gasteiger partial charge in [-0.15, -0.1) is 0 Å². The first-order valence-electron chi connectivity index (χ1n) is 11.1. The van der Waals surface area contributed by atoms with E-state index in [0.717, 1.165) is 30.9 Å². The molecule has 2 aromatic carbocycles.